The van der Waals surface area contributed by atoms with E-state index in [1.54, 1.807) is 0 Å². The first-order chi connectivity index (χ1) is 35.5. The number of hydrogen-bond acceptors (Lipinski definition) is 6. The van der Waals surface area contributed by atoms with Crippen molar-refractivity contribution in [1.82, 2.24) is 0 Å². The first kappa shape index (κ1) is 69.1. The maximum Gasteiger partial charge on any atom is 0.306 e. The van der Waals surface area contributed by atoms with Crippen molar-refractivity contribution in [3.05, 3.63) is 60.8 Å². The molecule has 0 heterocycles. The summed E-state index contributed by atoms with van der Waals surface area (Å²) in [6, 6.07) is 0. The fourth-order valence-electron chi connectivity index (χ4n) is 9.08. The molecular weight excluding hydrogens is 889 g/mol. The quantitative estimate of drug-likeness (QED) is 0.0261. The van der Waals surface area contributed by atoms with Crippen molar-refractivity contribution in [1.29, 1.82) is 0 Å². The van der Waals surface area contributed by atoms with Gasteiger partial charge in [-0.1, -0.05) is 281 Å². The zero-order chi connectivity index (χ0) is 52.2. The zero-order valence-corrected chi connectivity index (χ0v) is 47.9. The van der Waals surface area contributed by atoms with Crippen LogP contribution in [0.4, 0.5) is 0 Å². The highest BCUT2D eigenvalue weighted by Gasteiger charge is 2.19. The highest BCUT2D eigenvalue weighted by molar-refractivity contribution is 5.71. The second-order valence-corrected chi connectivity index (χ2v) is 20.9. The second kappa shape index (κ2) is 60.7. The molecule has 72 heavy (non-hydrogen) atoms. The zero-order valence-electron chi connectivity index (χ0n) is 47.9. The third-order valence-electron chi connectivity index (χ3n) is 13.8. The van der Waals surface area contributed by atoms with Crippen molar-refractivity contribution in [2.75, 3.05) is 13.2 Å². The molecule has 418 valence electrons. The summed E-state index contributed by atoms with van der Waals surface area (Å²) in [5.41, 5.74) is 0. The number of carbonyl (C=O) groups excluding carboxylic acids is 3. The Balaban J connectivity index is 4.31. The van der Waals surface area contributed by atoms with E-state index in [1.807, 2.05) is 0 Å². The van der Waals surface area contributed by atoms with Gasteiger partial charge in [0.1, 0.15) is 13.2 Å². The monoisotopic (exact) mass is 1010 g/mol. The van der Waals surface area contributed by atoms with E-state index in [0.717, 1.165) is 89.9 Å². The van der Waals surface area contributed by atoms with Crippen LogP contribution in [0.25, 0.3) is 0 Å². The number of unbranched alkanes of at least 4 members (excludes halogenated alkanes) is 36. The molecule has 1 unspecified atom stereocenters. The maximum absolute atomic E-state index is 12.9. The van der Waals surface area contributed by atoms with Crippen molar-refractivity contribution < 1.29 is 28.6 Å². The lowest BCUT2D eigenvalue weighted by molar-refractivity contribution is -0.167. The van der Waals surface area contributed by atoms with Gasteiger partial charge in [0.15, 0.2) is 6.10 Å². The normalized spacial score (nSPS) is 12.4. The predicted molar refractivity (Wildman–Crippen MR) is 312 cm³/mol. The summed E-state index contributed by atoms with van der Waals surface area (Å²) in [5, 5.41) is 0. The van der Waals surface area contributed by atoms with Gasteiger partial charge in [-0.15, -0.1) is 0 Å². The average molecular weight is 1010 g/mol. The average Bonchev–Trinajstić information content (AvgIpc) is 3.38. The van der Waals surface area contributed by atoms with Gasteiger partial charge >= 0.3 is 17.9 Å². The van der Waals surface area contributed by atoms with Crippen LogP contribution in [0.3, 0.4) is 0 Å². The smallest absolute Gasteiger partial charge is 0.306 e. The van der Waals surface area contributed by atoms with Crippen LogP contribution in [0, 0.1) is 0 Å². The third kappa shape index (κ3) is 58.0. The predicted octanol–water partition coefficient (Wildman–Crippen LogP) is 21.2. The minimum absolute atomic E-state index is 0.0817. The first-order valence-electron chi connectivity index (χ1n) is 31.3. The lowest BCUT2D eigenvalue weighted by Gasteiger charge is -2.18. The van der Waals surface area contributed by atoms with Gasteiger partial charge in [-0.25, -0.2) is 0 Å². The third-order valence-corrected chi connectivity index (χ3v) is 13.8. The van der Waals surface area contributed by atoms with Crippen LogP contribution in [-0.2, 0) is 28.6 Å². The Kier molecular flexibility index (Phi) is 58.2. The van der Waals surface area contributed by atoms with Crippen LogP contribution in [0.5, 0.6) is 0 Å². The molecular formula is C66H118O6. The molecule has 0 aromatic rings. The molecule has 0 saturated carbocycles. The standard InChI is InChI=1S/C66H118O6/c1-4-7-10-13-16-19-22-25-27-29-31-32-33-34-35-37-38-41-44-47-50-53-56-59-65(68)71-62-63(61-70-64(67)58-55-52-49-46-43-40-24-21-18-15-12-9-6-3)72-66(69)60-57-54-51-48-45-42-39-36-30-28-26-23-20-17-14-11-8-5-2/h9,12,18,21-22,25,29,31,40,43,63H,4-8,10-11,13-17,19-20,23-24,26-28,30,32-39,41-42,44-62H2,1-3H3/b12-9-,21-18-,25-22-,31-29-,43-40-. The fraction of sp³-hybridized carbons (Fsp3) is 0.803. The summed E-state index contributed by atoms with van der Waals surface area (Å²) < 4.78 is 16.9. The Bertz CT molecular complexity index is 1290. The molecule has 0 aromatic heterocycles. The molecule has 0 aromatic carbocycles. The van der Waals surface area contributed by atoms with Crippen molar-refractivity contribution in [2.45, 2.75) is 329 Å². The minimum Gasteiger partial charge on any atom is -0.462 e. The summed E-state index contributed by atoms with van der Waals surface area (Å²) in [4.78, 5) is 38.2. The van der Waals surface area contributed by atoms with Crippen LogP contribution in [0.15, 0.2) is 60.8 Å². The second-order valence-electron chi connectivity index (χ2n) is 20.9. The van der Waals surface area contributed by atoms with Crippen LogP contribution in [0.1, 0.15) is 323 Å². The highest BCUT2D eigenvalue weighted by Crippen LogP contribution is 2.17. The van der Waals surface area contributed by atoms with Gasteiger partial charge in [0.2, 0.25) is 0 Å². The van der Waals surface area contributed by atoms with Crippen molar-refractivity contribution in [3.8, 4) is 0 Å². The van der Waals surface area contributed by atoms with Gasteiger partial charge in [0.25, 0.3) is 0 Å². The van der Waals surface area contributed by atoms with Gasteiger partial charge in [-0.3, -0.25) is 14.4 Å². The molecule has 0 N–H and O–H groups in total. The number of hydrogen-bond donors (Lipinski definition) is 0. The Morgan fingerprint density at radius 2 is 0.542 bits per heavy atom. The molecule has 0 fully saturated rings. The van der Waals surface area contributed by atoms with Crippen LogP contribution in [0.2, 0.25) is 0 Å². The molecule has 0 aliphatic rings. The lowest BCUT2D eigenvalue weighted by atomic mass is 10.0. The molecule has 0 aliphatic carbocycles. The van der Waals surface area contributed by atoms with Crippen LogP contribution >= 0.6 is 0 Å². The van der Waals surface area contributed by atoms with Gasteiger partial charge in [0.05, 0.1) is 0 Å². The molecule has 0 spiro atoms. The molecule has 0 aliphatic heterocycles. The van der Waals surface area contributed by atoms with E-state index in [-0.39, 0.29) is 31.1 Å². The van der Waals surface area contributed by atoms with Gasteiger partial charge in [-0.05, 0) is 83.5 Å². The molecule has 6 nitrogen and oxygen atoms in total. The molecule has 0 rings (SSSR count). The van der Waals surface area contributed by atoms with E-state index < -0.39 is 6.10 Å². The van der Waals surface area contributed by atoms with Crippen molar-refractivity contribution >= 4 is 17.9 Å². The Morgan fingerprint density at radius 3 is 0.861 bits per heavy atom. The number of esters is 3. The SMILES string of the molecule is CC/C=C\C/C=C\C/C=C\CCCCCC(=O)OCC(COC(=O)CCCCCCCCCCCCC/C=C\C/C=C\CCCCCCC)OC(=O)CCCCCCCCCCCCCCCCCCCC. The number of carbonyl (C=O) groups is 3. The van der Waals surface area contributed by atoms with Crippen molar-refractivity contribution in [3.63, 3.8) is 0 Å². The van der Waals surface area contributed by atoms with Crippen LogP contribution in [-0.4, -0.2) is 37.2 Å². The van der Waals surface area contributed by atoms with E-state index >= 15 is 0 Å². The maximum atomic E-state index is 12.9. The first-order valence-corrected chi connectivity index (χ1v) is 31.3. The summed E-state index contributed by atoms with van der Waals surface area (Å²) in [7, 11) is 0. The Hall–Kier alpha value is -2.89. The Labute approximate surface area is 447 Å². The Morgan fingerprint density at radius 1 is 0.292 bits per heavy atom. The fourth-order valence-corrected chi connectivity index (χ4v) is 9.08. The van der Waals surface area contributed by atoms with E-state index in [1.165, 1.54) is 193 Å². The van der Waals surface area contributed by atoms with E-state index in [0.29, 0.717) is 19.3 Å². The minimum atomic E-state index is -0.785. The van der Waals surface area contributed by atoms with Gasteiger partial charge in [-0.2, -0.15) is 0 Å². The molecule has 1 atom stereocenters. The van der Waals surface area contributed by atoms with Gasteiger partial charge in [0, 0.05) is 19.3 Å². The molecule has 6 heteroatoms. The van der Waals surface area contributed by atoms with E-state index in [2.05, 4.69) is 81.5 Å². The van der Waals surface area contributed by atoms with E-state index in [9.17, 15) is 14.4 Å². The largest absolute Gasteiger partial charge is 0.462 e. The summed E-state index contributed by atoms with van der Waals surface area (Å²) in [6.45, 7) is 6.53. The van der Waals surface area contributed by atoms with Gasteiger partial charge < -0.3 is 14.2 Å². The summed E-state index contributed by atoms with van der Waals surface area (Å²) >= 11 is 0. The van der Waals surface area contributed by atoms with E-state index in [4.69, 9.17) is 14.2 Å². The molecule has 0 amide bonds. The van der Waals surface area contributed by atoms with Crippen LogP contribution < -0.4 is 0 Å². The molecule has 0 bridgehead atoms. The number of rotatable bonds is 57. The topological polar surface area (TPSA) is 78.9 Å². The van der Waals surface area contributed by atoms with Crippen molar-refractivity contribution in [2.24, 2.45) is 0 Å². The molecule has 0 radical (unpaired) electrons. The lowest BCUT2D eigenvalue weighted by Crippen LogP contribution is -2.30. The summed E-state index contributed by atoms with van der Waals surface area (Å²) in [5.74, 6) is -0.897. The number of ether oxygens (including phenoxy) is 3. The molecule has 0 saturated heterocycles. The summed E-state index contributed by atoms with van der Waals surface area (Å²) in [6.07, 6.45) is 76.6. The highest BCUT2D eigenvalue weighted by atomic mass is 16.6. The number of allylic oxidation sites excluding steroid dienone is 10.